The lowest BCUT2D eigenvalue weighted by molar-refractivity contribution is 1.47. The number of hydrogen-bond donors (Lipinski definition) is 0. The molecule has 0 unspecified atom stereocenters. The highest BCUT2D eigenvalue weighted by atomic mass is 14.7. The van der Waals surface area contributed by atoms with Gasteiger partial charge in [0.1, 0.15) is 0 Å². The summed E-state index contributed by atoms with van der Waals surface area (Å²) < 4.78 is 0. The Labute approximate surface area is 105 Å². The van der Waals surface area contributed by atoms with Crippen LogP contribution in [0.15, 0.2) is 66.7 Å². The normalized spacial score (nSPS) is 11.3. The minimum atomic E-state index is 1.06. The summed E-state index contributed by atoms with van der Waals surface area (Å²) in [6, 6.07) is 23.2. The molecule has 0 radical (unpaired) electrons. The second-order valence-corrected chi connectivity index (χ2v) is 4.53. The van der Waals surface area contributed by atoms with Crippen molar-refractivity contribution in [2.24, 2.45) is 0 Å². The van der Waals surface area contributed by atoms with E-state index in [1.54, 1.807) is 0 Å². The molecule has 84 valence electrons. The zero-order chi connectivity index (χ0) is 11.9. The average molecular weight is 229 g/mol. The van der Waals surface area contributed by atoms with E-state index in [-0.39, 0.29) is 0 Å². The molecule has 0 atom stereocenters. The molecule has 0 N–H and O–H groups in total. The fraction of sp³-hybridized carbons (Fsp3) is 0. The van der Waals surface area contributed by atoms with Gasteiger partial charge in [-0.25, -0.2) is 4.98 Å². The molecule has 0 bridgehead atoms. The van der Waals surface area contributed by atoms with E-state index in [0.717, 1.165) is 11.2 Å². The highest BCUT2D eigenvalue weighted by Gasteiger charge is 2.09. The predicted octanol–water partition coefficient (Wildman–Crippen LogP) is 4.49. The quantitative estimate of drug-likeness (QED) is 0.433. The first-order valence-corrected chi connectivity index (χ1v) is 6.09. The van der Waals surface area contributed by atoms with Crippen LogP contribution in [0, 0.1) is 0 Å². The lowest BCUT2D eigenvalue weighted by atomic mass is 10.1. The molecule has 1 nitrogen and oxygen atoms in total. The van der Waals surface area contributed by atoms with Crippen molar-refractivity contribution in [1.29, 1.82) is 0 Å². The fourth-order valence-electron chi connectivity index (χ4n) is 2.52. The standard InChI is InChI=1S/C17H11N/c1-2-6-13-11-15-14-7-3-4-8-16(14)18-17(15)10-9-12(13)5-1/h1-11H. The van der Waals surface area contributed by atoms with E-state index < -0.39 is 0 Å². The Morgan fingerprint density at radius 3 is 2.39 bits per heavy atom. The zero-order valence-corrected chi connectivity index (χ0v) is 9.80. The lowest BCUT2D eigenvalue weighted by Crippen LogP contribution is -1.68. The van der Waals surface area contributed by atoms with Crippen molar-refractivity contribution in [2.45, 2.75) is 0 Å². The third kappa shape index (κ3) is 1.31. The summed E-state index contributed by atoms with van der Waals surface area (Å²) in [5.41, 5.74) is 3.36. The third-order valence-corrected chi connectivity index (χ3v) is 3.43. The van der Waals surface area contributed by atoms with E-state index in [4.69, 9.17) is 0 Å². The Balaban J connectivity index is 2.23. The Morgan fingerprint density at radius 2 is 1.44 bits per heavy atom. The second kappa shape index (κ2) is 3.54. The molecule has 0 aromatic heterocycles. The first kappa shape index (κ1) is 9.60. The van der Waals surface area contributed by atoms with Crippen LogP contribution in [0.5, 0.6) is 0 Å². The summed E-state index contributed by atoms with van der Waals surface area (Å²) in [7, 11) is 0. The number of rotatable bonds is 0. The first-order valence-electron chi connectivity index (χ1n) is 6.09. The molecule has 0 fully saturated rings. The largest absolute Gasteiger partial charge is 0.248 e. The molecule has 0 saturated carbocycles. The molecule has 1 heterocycles. The number of aromatic nitrogens is 1. The van der Waals surface area contributed by atoms with Crippen LogP contribution < -0.4 is 0 Å². The Morgan fingerprint density at radius 1 is 0.667 bits per heavy atom. The van der Waals surface area contributed by atoms with Crippen molar-refractivity contribution in [1.82, 2.24) is 4.98 Å². The van der Waals surface area contributed by atoms with Gasteiger partial charge < -0.3 is 0 Å². The molecule has 0 spiro atoms. The van der Waals surface area contributed by atoms with Gasteiger partial charge in [-0.3, -0.25) is 0 Å². The highest BCUT2D eigenvalue weighted by molar-refractivity contribution is 6.00. The van der Waals surface area contributed by atoms with Crippen molar-refractivity contribution in [3.63, 3.8) is 0 Å². The minimum Gasteiger partial charge on any atom is -0.248 e. The van der Waals surface area contributed by atoms with Crippen LogP contribution in [0.3, 0.4) is 0 Å². The zero-order valence-electron chi connectivity index (χ0n) is 9.80. The fourth-order valence-corrected chi connectivity index (χ4v) is 2.52. The van der Waals surface area contributed by atoms with Crippen molar-refractivity contribution < 1.29 is 0 Å². The number of hydrogen-bond acceptors (Lipinski definition) is 1. The average Bonchev–Trinajstić information content (AvgIpc) is 2.65. The van der Waals surface area contributed by atoms with Crippen molar-refractivity contribution >= 4 is 21.7 Å². The number of para-hydroxylation sites is 1. The van der Waals surface area contributed by atoms with E-state index in [1.807, 2.05) is 6.07 Å². The maximum absolute atomic E-state index is 4.68. The molecule has 2 aromatic carbocycles. The molecule has 2 aromatic rings. The summed E-state index contributed by atoms with van der Waals surface area (Å²) in [4.78, 5) is 4.68. The van der Waals surface area contributed by atoms with Gasteiger partial charge in [-0.15, -0.1) is 0 Å². The van der Waals surface area contributed by atoms with Crippen LogP contribution in [-0.4, -0.2) is 4.98 Å². The Hall–Kier alpha value is -2.41. The Kier molecular flexibility index (Phi) is 1.89. The van der Waals surface area contributed by atoms with Gasteiger partial charge in [-0.2, -0.15) is 0 Å². The maximum Gasteiger partial charge on any atom is 0.0716 e. The van der Waals surface area contributed by atoms with Gasteiger partial charge in [0.05, 0.1) is 11.2 Å². The van der Waals surface area contributed by atoms with Gasteiger partial charge in [-0.1, -0.05) is 48.5 Å². The molecule has 4 rings (SSSR count). The van der Waals surface area contributed by atoms with Crippen LogP contribution in [0.25, 0.3) is 32.9 Å². The molecule has 1 heteroatoms. The maximum atomic E-state index is 4.68. The van der Waals surface area contributed by atoms with Gasteiger partial charge in [0.2, 0.25) is 0 Å². The van der Waals surface area contributed by atoms with Gasteiger partial charge in [0.15, 0.2) is 0 Å². The van der Waals surface area contributed by atoms with E-state index in [2.05, 4.69) is 65.6 Å². The molecule has 0 saturated heterocycles. The summed E-state index contributed by atoms with van der Waals surface area (Å²) in [6.07, 6.45) is 0. The molecule has 2 aliphatic rings. The summed E-state index contributed by atoms with van der Waals surface area (Å²) in [5, 5.41) is 3.74. The number of fused-ring (bicyclic) bond motifs is 4. The van der Waals surface area contributed by atoms with Crippen molar-refractivity contribution in [3.8, 4) is 11.3 Å². The van der Waals surface area contributed by atoms with Gasteiger partial charge in [0, 0.05) is 10.9 Å². The van der Waals surface area contributed by atoms with Crippen LogP contribution in [-0.2, 0) is 0 Å². The smallest absolute Gasteiger partial charge is 0.0716 e. The van der Waals surface area contributed by atoms with E-state index in [0.29, 0.717) is 0 Å². The number of benzene rings is 2. The van der Waals surface area contributed by atoms with Gasteiger partial charge in [0.25, 0.3) is 0 Å². The molecule has 18 heavy (non-hydrogen) atoms. The summed E-state index contributed by atoms with van der Waals surface area (Å²) >= 11 is 0. The van der Waals surface area contributed by atoms with Crippen molar-refractivity contribution in [3.05, 3.63) is 66.7 Å². The van der Waals surface area contributed by atoms with E-state index >= 15 is 0 Å². The molecular weight excluding hydrogens is 218 g/mol. The monoisotopic (exact) mass is 229 g/mol. The van der Waals surface area contributed by atoms with Crippen LogP contribution >= 0.6 is 0 Å². The number of nitrogens with zero attached hydrogens (tertiary/aromatic N) is 1. The van der Waals surface area contributed by atoms with Crippen LogP contribution in [0.2, 0.25) is 0 Å². The summed E-state index contributed by atoms with van der Waals surface area (Å²) in [6.45, 7) is 0. The van der Waals surface area contributed by atoms with Gasteiger partial charge in [-0.05, 0) is 29.0 Å². The van der Waals surface area contributed by atoms with Crippen LogP contribution in [0.4, 0.5) is 0 Å². The SMILES string of the molecule is c1ccc2cc3c4ccccc4nc-3ccc2c1. The predicted molar refractivity (Wildman–Crippen MR) is 75.9 cm³/mol. The molecule has 0 amide bonds. The lowest BCUT2D eigenvalue weighted by Gasteiger charge is -1.92. The van der Waals surface area contributed by atoms with Crippen LogP contribution in [0.1, 0.15) is 0 Å². The molecular formula is C17H11N. The van der Waals surface area contributed by atoms with Crippen molar-refractivity contribution in [2.75, 3.05) is 0 Å². The summed E-state index contributed by atoms with van der Waals surface area (Å²) in [5.74, 6) is 0. The van der Waals surface area contributed by atoms with Gasteiger partial charge >= 0.3 is 0 Å². The second-order valence-electron chi connectivity index (χ2n) is 4.53. The molecule has 1 aliphatic heterocycles. The van der Waals surface area contributed by atoms with E-state index in [1.165, 1.54) is 21.7 Å². The first-order chi connectivity index (χ1) is 8.92. The van der Waals surface area contributed by atoms with E-state index in [9.17, 15) is 0 Å². The topological polar surface area (TPSA) is 12.9 Å². The Bertz CT molecular complexity index is 827. The highest BCUT2D eigenvalue weighted by Crippen LogP contribution is 2.32. The third-order valence-electron chi connectivity index (χ3n) is 3.43. The molecule has 1 aliphatic carbocycles. The minimum absolute atomic E-state index is 1.06.